The number of carbonyl (C=O) groups is 3. The Labute approximate surface area is 197 Å². The fourth-order valence-corrected chi connectivity index (χ4v) is 5.06. The molecule has 2 amide bonds. The smallest absolute Gasteiger partial charge is 0.407 e. The third-order valence-electron chi connectivity index (χ3n) is 6.89. The van der Waals surface area contributed by atoms with E-state index in [1.807, 2.05) is 24.3 Å². The molecule has 2 fully saturated rings. The van der Waals surface area contributed by atoms with E-state index >= 15 is 0 Å². The summed E-state index contributed by atoms with van der Waals surface area (Å²) in [7, 11) is 0. The number of carboxylic acid groups (broad SMARTS) is 1. The number of rotatable bonds is 8. The first kappa shape index (κ1) is 22.4. The van der Waals surface area contributed by atoms with Gasteiger partial charge in [0.15, 0.2) is 0 Å². The summed E-state index contributed by atoms with van der Waals surface area (Å²) in [6.45, 7) is 0.533. The quantitative estimate of drug-likeness (QED) is 0.622. The van der Waals surface area contributed by atoms with E-state index in [0.717, 1.165) is 35.1 Å². The van der Waals surface area contributed by atoms with Crippen molar-refractivity contribution in [1.82, 2.24) is 10.2 Å². The van der Waals surface area contributed by atoms with Crippen LogP contribution in [0.3, 0.4) is 0 Å². The fourth-order valence-electron chi connectivity index (χ4n) is 5.06. The number of alkyl carbamates (subject to hydrolysis) is 1. The number of hydrogen-bond donors (Lipinski definition) is 2. The first-order valence-corrected chi connectivity index (χ1v) is 11.8. The summed E-state index contributed by atoms with van der Waals surface area (Å²) in [5.74, 6) is -1.58. The molecule has 8 heteroatoms. The van der Waals surface area contributed by atoms with Gasteiger partial charge in [-0.1, -0.05) is 48.5 Å². The van der Waals surface area contributed by atoms with Crippen LogP contribution >= 0.6 is 0 Å². The first-order valence-electron chi connectivity index (χ1n) is 11.8. The molecule has 2 N–H and O–H groups in total. The molecule has 1 saturated heterocycles. The van der Waals surface area contributed by atoms with Crippen molar-refractivity contribution in [3.63, 3.8) is 0 Å². The minimum Gasteiger partial charge on any atom is -0.480 e. The van der Waals surface area contributed by atoms with Crippen LogP contribution in [0, 0.1) is 5.92 Å². The van der Waals surface area contributed by atoms with E-state index in [2.05, 4.69) is 29.6 Å². The van der Waals surface area contributed by atoms with E-state index in [1.54, 1.807) is 0 Å². The molecule has 34 heavy (non-hydrogen) atoms. The largest absolute Gasteiger partial charge is 0.480 e. The Morgan fingerprint density at radius 3 is 2.26 bits per heavy atom. The molecular formula is C26H28N2O6. The van der Waals surface area contributed by atoms with Crippen LogP contribution in [0.15, 0.2) is 48.5 Å². The molecule has 0 aromatic heterocycles. The van der Waals surface area contributed by atoms with Crippen LogP contribution in [0.5, 0.6) is 0 Å². The van der Waals surface area contributed by atoms with Crippen LogP contribution in [0.1, 0.15) is 36.3 Å². The highest BCUT2D eigenvalue weighted by Gasteiger charge is 2.42. The first-order chi connectivity index (χ1) is 16.5. The van der Waals surface area contributed by atoms with Crippen molar-refractivity contribution >= 4 is 18.0 Å². The highest BCUT2D eigenvalue weighted by Crippen LogP contribution is 2.44. The molecule has 178 valence electrons. The summed E-state index contributed by atoms with van der Waals surface area (Å²) in [6, 6.07) is 16.3. The van der Waals surface area contributed by atoms with Gasteiger partial charge < -0.3 is 24.8 Å². The van der Waals surface area contributed by atoms with Gasteiger partial charge in [-0.25, -0.2) is 4.79 Å². The van der Waals surface area contributed by atoms with Gasteiger partial charge >= 0.3 is 12.1 Å². The maximum absolute atomic E-state index is 12.9. The molecule has 8 nitrogen and oxygen atoms in total. The van der Waals surface area contributed by atoms with Gasteiger partial charge in [-0.3, -0.25) is 9.59 Å². The summed E-state index contributed by atoms with van der Waals surface area (Å²) in [4.78, 5) is 38.0. The maximum Gasteiger partial charge on any atom is 0.407 e. The monoisotopic (exact) mass is 464 g/mol. The van der Waals surface area contributed by atoms with E-state index in [9.17, 15) is 14.4 Å². The zero-order valence-electron chi connectivity index (χ0n) is 18.8. The SMILES string of the molecule is O=C(O)CN(C(=O)C1OCCC1CNC(=O)OCC1c2ccccc2-c2ccccc21)C1CC1. The Morgan fingerprint density at radius 1 is 1.00 bits per heavy atom. The van der Waals surface area contributed by atoms with Crippen LogP contribution < -0.4 is 5.32 Å². The second-order valence-corrected chi connectivity index (χ2v) is 9.14. The highest BCUT2D eigenvalue weighted by atomic mass is 16.5. The average molecular weight is 465 g/mol. The van der Waals surface area contributed by atoms with Crippen molar-refractivity contribution in [3.8, 4) is 11.1 Å². The summed E-state index contributed by atoms with van der Waals surface area (Å²) in [5.41, 5.74) is 4.62. The molecule has 5 rings (SSSR count). The topological polar surface area (TPSA) is 105 Å². The molecule has 1 saturated carbocycles. The van der Waals surface area contributed by atoms with Crippen LogP contribution in [-0.2, 0) is 19.1 Å². The zero-order chi connectivity index (χ0) is 23.7. The predicted octanol–water partition coefficient (Wildman–Crippen LogP) is 3.01. The number of fused-ring (bicyclic) bond motifs is 3. The molecule has 0 spiro atoms. The Hall–Kier alpha value is -3.39. The number of amides is 2. The lowest BCUT2D eigenvalue weighted by atomic mass is 9.98. The van der Waals surface area contributed by atoms with Crippen LogP contribution in [0.2, 0.25) is 0 Å². The van der Waals surface area contributed by atoms with E-state index in [1.165, 1.54) is 4.90 Å². The molecule has 2 unspecified atom stereocenters. The number of hydrogen-bond acceptors (Lipinski definition) is 5. The van der Waals surface area contributed by atoms with E-state index in [0.29, 0.717) is 13.0 Å². The second-order valence-electron chi connectivity index (χ2n) is 9.14. The zero-order valence-corrected chi connectivity index (χ0v) is 18.8. The number of nitrogens with zero attached hydrogens (tertiary/aromatic N) is 1. The van der Waals surface area contributed by atoms with Gasteiger partial charge in [0, 0.05) is 31.0 Å². The van der Waals surface area contributed by atoms with Gasteiger partial charge in [-0.2, -0.15) is 0 Å². The number of benzene rings is 2. The predicted molar refractivity (Wildman–Crippen MR) is 123 cm³/mol. The molecule has 3 aliphatic rings. The number of nitrogens with one attached hydrogen (secondary N) is 1. The maximum atomic E-state index is 12.9. The molecule has 2 aromatic carbocycles. The van der Waals surface area contributed by atoms with Gasteiger partial charge in [-0.15, -0.1) is 0 Å². The lowest BCUT2D eigenvalue weighted by Gasteiger charge is -2.26. The summed E-state index contributed by atoms with van der Waals surface area (Å²) in [5, 5.41) is 11.9. The van der Waals surface area contributed by atoms with Gasteiger partial charge in [0.2, 0.25) is 0 Å². The number of ether oxygens (including phenoxy) is 2. The van der Waals surface area contributed by atoms with Crippen LogP contribution in [0.25, 0.3) is 11.1 Å². The highest BCUT2D eigenvalue weighted by molar-refractivity contribution is 5.86. The fraction of sp³-hybridized carbons (Fsp3) is 0.423. The summed E-state index contributed by atoms with van der Waals surface area (Å²) in [6.07, 6.45) is 0.965. The standard InChI is InChI=1S/C26H28N2O6/c29-23(30)14-28(17-9-10-17)25(31)24-16(11-12-33-24)13-27-26(32)34-15-22-20-7-3-1-5-18(20)19-6-2-4-8-21(19)22/h1-8,16-17,22,24H,9-15H2,(H,27,32)(H,29,30). The van der Waals surface area contributed by atoms with Gasteiger partial charge in [0.1, 0.15) is 19.3 Å². The van der Waals surface area contributed by atoms with Crippen molar-refractivity contribution < 1.29 is 29.0 Å². The van der Waals surface area contributed by atoms with Gasteiger partial charge in [0.05, 0.1) is 0 Å². The summed E-state index contributed by atoms with van der Waals surface area (Å²) < 4.78 is 11.2. The summed E-state index contributed by atoms with van der Waals surface area (Å²) >= 11 is 0. The lowest BCUT2D eigenvalue weighted by Crippen LogP contribution is -2.47. The van der Waals surface area contributed by atoms with Crippen molar-refractivity contribution in [2.24, 2.45) is 5.92 Å². The van der Waals surface area contributed by atoms with Crippen molar-refractivity contribution in [3.05, 3.63) is 59.7 Å². The van der Waals surface area contributed by atoms with Crippen LogP contribution in [0.4, 0.5) is 4.79 Å². The number of aliphatic carboxylic acids is 1. The van der Waals surface area contributed by atoms with Crippen molar-refractivity contribution in [1.29, 1.82) is 0 Å². The van der Waals surface area contributed by atoms with Gasteiger partial charge in [-0.05, 0) is 41.5 Å². The molecule has 1 heterocycles. The third kappa shape index (κ3) is 4.50. The Kier molecular flexibility index (Phi) is 6.24. The van der Waals surface area contributed by atoms with Crippen LogP contribution in [-0.4, -0.2) is 66.4 Å². The lowest BCUT2D eigenvalue weighted by molar-refractivity contribution is -0.150. The molecular weight excluding hydrogens is 436 g/mol. The van der Waals surface area contributed by atoms with Crippen molar-refractivity contribution in [2.45, 2.75) is 37.3 Å². The van der Waals surface area contributed by atoms with E-state index in [-0.39, 0.29) is 43.5 Å². The molecule has 2 aromatic rings. The number of carboxylic acids is 1. The Bertz CT molecular complexity index is 1050. The van der Waals surface area contributed by atoms with Gasteiger partial charge in [0.25, 0.3) is 5.91 Å². The normalized spacial score (nSPS) is 20.9. The minimum absolute atomic E-state index is 0.0228. The molecule has 0 bridgehead atoms. The van der Waals surface area contributed by atoms with E-state index < -0.39 is 18.2 Å². The Morgan fingerprint density at radius 2 is 1.65 bits per heavy atom. The molecule has 0 radical (unpaired) electrons. The van der Waals surface area contributed by atoms with Crippen molar-refractivity contribution in [2.75, 3.05) is 26.3 Å². The average Bonchev–Trinajstić information content (AvgIpc) is 3.49. The second kappa shape index (κ2) is 9.46. The molecule has 1 aliphatic heterocycles. The molecule has 2 aliphatic carbocycles. The van der Waals surface area contributed by atoms with E-state index in [4.69, 9.17) is 14.6 Å². The third-order valence-corrected chi connectivity index (χ3v) is 6.89. The Balaban J connectivity index is 1.17. The molecule has 2 atom stereocenters. The minimum atomic E-state index is -1.04. The number of carbonyl (C=O) groups excluding carboxylic acids is 2.